The zero-order chi connectivity index (χ0) is 9.90. The lowest BCUT2D eigenvalue weighted by Gasteiger charge is -2.12. The van der Waals surface area contributed by atoms with E-state index in [4.69, 9.17) is 10.5 Å². The van der Waals surface area contributed by atoms with Gasteiger partial charge < -0.3 is 10.5 Å². The number of rotatable bonds is 5. The fourth-order valence-corrected chi connectivity index (χ4v) is 1.33. The molecule has 0 spiro atoms. The number of carbonyl (C=O) groups is 1. The molecule has 76 valence electrons. The first-order valence-electron chi connectivity index (χ1n) is 4.99. The van der Waals surface area contributed by atoms with Gasteiger partial charge in [-0.3, -0.25) is 4.79 Å². The van der Waals surface area contributed by atoms with E-state index in [1.807, 2.05) is 0 Å². The highest BCUT2D eigenvalue weighted by Gasteiger charge is 2.37. The Kier molecular flexibility index (Phi) is 3.31. The number of nitrogens with two attached hydrogens (primary N) is 1. The van der Waals surface area contributed by atoms with Gasteiger partial charge in [0.1, 0.15) is 6.04 Å². The van der Waals surface area contributed by atoms with E-state index in [2.05, 4.69) is 6.92 Å². The molecular weight excluding hydrogens is 166 g/mol. The summed E-state index contributed by atoms with van der Waals surface area (Å²) in [6, 6.07) is -0.419. The van der Waals surface area contributed by atoms with Crippen LogP contribution in [0.5, 0.6) is 0 Å². The molecule has 0 saturated heterocycles. The molecule has 1 fully saturated rings. The summed E-state index contributed by atoms with van der Waals surface area (Å²) in [6.07, 6.45) is 4.37. The minimum atomic E-state index is -0.419. The molecule has 0 bridgehead atoms. The van der Waals surface area contributed by atoms with Crippen molar-refractivity contribution in [1.29, 1.82) is 0 Å². The number of esters is 1. The summed E-state index contributed by atoms with van der Waals surface area (Å²) in [6.45, 7) is 4.46. The Bertz CT molecular complexity index is 187. The molecule has 0 aromatic heterocycles. The second kappa shape index (κ2) is 4.09. The second-order valence-electron chi connectivity index (χ2n) is 4.21. The molecule has 0 amide bonds. The lowest BCUT2D eigenvalue weighted by Crippen LogP contribution is -2.32. The standard InChI is InChI=1S/C10H19NO2/c1-3-13-9(12)8(11)4-5-10(2)6-7-10/h8H,3-7,11H2,1-2H3/t8-/m0/s1. The SMILES string of the molecule is CCOC(=O)[C@@H](N)CCC1(C)CC1. The van der Waals surface area contributed by atoms with Gasteiger partial charge in [0.05, 0.1) is 6.61 Å². The van der Waals surface area contributed by atoms with Gasteiger partial charge in [-0.15, -0.1) is 0 Å². The maximum Gasteiger partial charge on any atom is 0.322 e. The molecule has 0 radical (unpaired) electrons. The van der Waals surface area contributed by atoms with Gasteiger partial charge in [-0.25, -0.2) is 0 Å². The van der Waals surface area contributed by atoms with Gasteiger partial charge >= 0.3 is 5.97 Å². The van der Waals surface area contributed by atoms with Crippen LogP contribution in [0, 0.1) is 5.41 Å². The number of carbonyl (C=O) groups excluding carboxylic acids is 1. The molecule has 0 aliphatic heterocycles. The maximum absolute atomic E-state index is 11.1. The first-order chi connectivity index (χ1) is 6.07. The van der Waals surface area contributed by atoms with Gasteiger partial charge in [0.25, 0.3) is 0 Å². The van der Waals surface area contributed by atoms with Crippen LogP contribution >= 0.6 is 0 Å². The summed E-state index contributed by atoms with van der Waals surface area (Å²) in [5, 5.41) is 0. The molecule has 1 atom stereocenters. The zero-order valence-corrected chi connectivity index (χ0v) is 8.51. The van der Waals surface area contributed by atoms with Gasteiger partial charge in [-0.2, -0.15) is 0 Å². The number of hydrogen-bond acceptors (Lipinski definition) is 3. The Hall–Kier alpha value is -0.570. The van der Waals surface area contributed by atoms with Crippen LogP contribution in [-0.2, 0) is 9.53 Å². The third kappa shape index (κ3) is 3.35. The van der Waals surface area contributed by atoms with E-state index < -0.39 is 6.04 Å². The summed E-state index contributed by atoms with van der Waals surface area (Å²) < 4.78 is 4.83. The van der Waals surface area contributed by atoms with E-state index in [9.17, 15) is 4.79 Å². The molecule has 1 aliphatic rings. The first kappa shape index (κ1) is 10.5. The van der Waals surface area contributed by atoms with Crippen molar-refractivity contribution in [1.82, 2.24) is 0 Å². The maximum atomic E-state index is 11.1. The van der Waals surface area contributed by atoms with E-state index in [1.165, 1.54) is 12.8 Å². The van der Waals surface area contributed by atoms with E-state index in [1.54, 1.807) is 6.92 Å². The summed E-state index contributed by atoms with van der Waals surface area (Å²) in [5.74, 6) is -0.258. The van der Waals surface area contributed by atoms with Crippen LogP contribution < -0.4 is 5.73 Å². The average Bonchev–Trinajstić information content (AvgIpc) is 2.81. The average molecular weight is 185 g/mol. The van der Waals surface area contributed by atoms with Crippen molar-refractivity contribution < 1.29 is 9.53 Å². The number of ether oxygens (including phenoxy) is 1. The Morgan fingerprint density at radius 2 is 2.23 bits per heavy atom. The van der Waals surface area contributed by atoms with Crippen LogP contribution in [0.1, 0.15) is 39.5 Å². The summed E-state index contributed by atoms with van der Waals surface area (Å²) >= 11 is 0. The van der Waals surface area contributed by atoms with Crippen LogP contribution in [0.2, 0.25) is 0 Å². The van der Waals surface area contributed by atoms with Crippen LogP contribution in [0.15, 0.2) is 0 Å². The Labute approximate surface area is 79.6 Å². The fourth-order valence-electron chi connectivity index (χ4n) is 1.33. The third-order valence-electron chi connectivity index (χ3n) is 2.75. The van der Waals surface area contributed by atoms with Crippen LogP contribution in [0.4, 0.5) is 0 Å². The van der Waals surface area contributed by atoms with Crippen molar-refractivity contribution in [2.45, 2.75) is 45.6 Å². The predicted molar refractivity (Wildman–Crippen MR) is 51.2 cm³/mol. The van der Waals surface area contributed by atoms with Gasteiger partial charge in [0, 0.05) is 0 Å². The second-order valence-corrected chi connectivity index (χ2v) is 4.21. The monoisotopic (exact) mass is 185 g/mol. The molecule has 3 heteroatoms. The quantitative estimate of drug-likeness (QED) is 0.660. The molecule has 1 saturated carbocycles. The van der Waals surface area contributed by atoms with E-state index >= 15 is 0 Å². The molecule has 0 aromatic rings. The summed E-state index contributed by atoms with van der Waals surface area (Å²) in [5.41, 5.74) is 6.14. The largest absolute Gasteiger partial charge is 0.465 e. The summed E-state index contributed by atoms with van der Waals surface area (Å²) in [7, 11) is 0. The topological polar surface area (TPSA) is 52.3 Å². The van der Waals surface area contributed by atoms with Crippen LogP contribution in [0.3, 0.4) is 0 Å². The first-order valence-corrected chi connectivity index (χ1v) is 4.99. The normalized spacial score (nSPS) is 20.8. The Balaban J connectivity index is 2.16. The molecule has 0 heterocycles. The highest BCUT2D eigenvalue weighted by molar-refractivity contribution is 5.75. The van der Waals surface area contributed by atoms with Gasteiger partial charge in [0.2, 0.25) is 0 Å². The molecule has 2 N–H and O–H groups in total. The number of hydrogen-bond donors (Lipinski definition) is 1. The van der Waals surface area contributed by atoms with Gasteiger partial charge in [-0.1, -0.05) is 6.92 Å². The lowest BCUT2D eigenvalue weighted by molar-refractivity contribution is -0.144. The van der Waals surface area contributed by atoms with Crippen LogP contribution in [0.25, 0.3) is 0 Å². The minimum absolute atomic E-state index is 0.258. The molecule has 1 aliphatic carbocycles. The van der Waals surface area contributed by atoms with E-state index in [0.717, 1.165) is 12.8 Å². The molecule has 3 nitrogen and oxygen atoms in total. The van der Waals surface area contributed by atoms with Crippen molar-refractivity contribution in [2.75, 3.05) is 6.61 Å². The zero-order valence-electron chi connectivity index (χ0n) is 8.51. The fraction of sp³-hybridized carbons (Fsp3) is 0.900. The smallest absolute Gasteiger partial charge is 0.322 e. The van der Waals surface area contributed by atoms with Crippen molar-refractivity contribution in [3.8, 4) is 0 Å². The van der Waals surface area contributed by atoms with E-state index in [0.29, 0.717) is 12.0 Å². The minimum Gasteiger partial charge on any atom is -0.465 e. The van der Waals surface area contributed by atoms with Crippen LogP contribution in [-0.4, -0.2) is 18.6 Å². The Morgan fingerprint density at radius 1 is 1.62 bits per heavy atom. The van der Waals surface area contributed by atoms with Crippen molar-refractivity contribution in [2.24, 2.45) is 11.1 Å². The molecular formula is C10H19NO2. The van der Waals surface area contributed by atoms with Crippen molar-refractivity contribution >= 4 is 5.97 Å². The Morgan fingerprint density at radius 3 is 2.69 bits per heavy atom. The highest BCUT2D eigenvalue weighted by Crippen LogP contribution is 2.48. The molecule has 1 rings (SSSR count). The predicted octanol–water partition coefficient (Wildman–Crippen LogP) is 1.46. The molecule has 13 heavy (non-hydrogen) atoms. The van der Waals surface area contributed by atoms with Gasteiger partial charge in [0.15, 0.2) is 0 Å². The lowest BCUT2D eigenvalue weighted by atomic mass is 10.00. The van der Waals surface area contributed by atoms with Gasteiger partial charge in [-0.05, 0) is 38.0 Å². The molecule has 0 aromatic carbocycles. The highest BCUT2D eigenvalue weighted by atomic mass is 16.5. The van der Waals surface area contributed by atoms with Crippen molar-refractivity contribution in [3.63, 3.8) is 0 Å². The van der Waals surface area contributed by atoms with E-state index in [-0.39, 0.29) is 5.97 Å². The van der Waals surface area contributed by atoms with Crippen molar-refractivity contribution in [3.05, 3.63) is 0 Å². The third-order valence-corrected chi connectivity index (χ3v) is 2.75. The molecule has 0 unspecified atom stereocenters. The summed E-state index contributed by atoms with van der Waals surface area (Å²) in [4.78, 5) is 11.1.